The molecule has 0 aliphatic carbocycles. The molecule has 0 amide bonds. The first-order valence-electron chi connectivity index (χ1n) is 6.28. The van der Waals surface area contributed by atoms with Crippen molar-refractivity contribution in [2.75, 3.05) is 33.2 Å². The Morgan fingerprint density at radius 2 is 1.67 bits per heavy atom. The van der Waals surface area contributed by atoms with E-state index in [9.17, 15) is 0 Å². The Kier molecular flexibility index (Phi) is 9.96. The van der Waals surface area contributed by atoms with Crippen LogP contribution in [0.5, 0.6) is 0 Å². The summed E-state index contributed by atoms with van der Waals surface area (Å²) in [5.41, 5.74) is 1.30. The van der Waals surface area contributed by atoms with Gasteiger partial charge in [0.25, 0.3) is 0 Å². The molecule has 0 rings (SSSR count). The zero-order chi connectivity index (χ0) is 11.5. The van der Waals surface area contributed by atoms with Crippen LogP contribution in [0.15, 0.2) is 12.2 Å². The number of nitrogens with one attached hydrogen (secondary N) is 1. The van der Waals surface area contributed by atoms with Crippen molar-refractivity contribution in [3.05, 3.63) is 12.2 Å². The Balaban J connectivity index is 3.82. The molecule has 0 atom stereocenters. The van der Waals surface area contributed by atoms with Crippen LogP contribution in [0.4, 0.5) is 0 Å². The van der Waals surface area contributed by atoms with Crippen LogP contribution in [0.2, 0.25) is 0 Å². The van der Waals surface area contributed by atoms with Crippen LogP contribution < -0.4 is 5.32 Å². The Morgan fingerprint density at radius 1 is 1.13 bits per heavy atom. The molecule has 0 spiro atoms. The van der Waals surface area contributed by atoms with Crippen molar-refractivity contribution < 1.29 is 0 Å². The maximum Gasteiger partial charge on any atom is 0.0202 e. The summed E-state index contributed by atoms with van der Waals surface area (Å²) in [5.74, 6) is 0. The minimum Gasteiger partial charge on any atom is -0.316 e. The number of hydrogen-bond donors (Lipinski definition) is 1. The number of unbranched alkanes of at least 4 members (excludes halogenated alkanes) is 2. The fourth-order valence-electron chi connectivity index (χ4n) is 1.66. The third kappa shape index (κ3) is 8.64. The summed E-state index contributed by atoms with van der Waals surface area (Å²) in [7, 11) is 1.98. The maximum atomic E-state index is 4.10. The molecule has 0 unspecified atom stereocenters. The van der Waals surface area contributed by atoms with Gasteiger partial charge in [-0.05, 0) is 38.6 Å². The number of hydrogen-bond acceptors (Lipinski definition) is 2. The molecule has 0 radical (unpaired) electrons. The molecule has 0 heterocycles. The second-order valence-corrected chi connectivity index (χ2v) is 4.26. The minimum absolute atomic E-state index is 0.939. The highest BCUT2D eigenvalue weighted by molar-refractivity contribution is 4.99. The quantitative estimate of drug-likeness (QED) is 0.560. The lowest BCUT2D eigenvalue weighted by Crippen LogP contribution is -2.30. The van der Waals surface area contributed by atoms with Gasteiger partial charge in [0.15, 0.2) is 0 Å². The largest absolute Gasteiger partial charge is 0.316 e. The Morgan fingerprint density at radius 3 is 2.07 bits per heavy atom. The molecular formula is C13H28N2. The SMILES string of the molecule is C=C(CNC)CN(CCCC)CCCC. The normalized spacial score (nSPS) is 10.9. The van der Waals surface area contributed by atoms with E-state index >= 15 is 0 Å². The third-order valence-electron chi connectivity index (χ3n) is 2.53. The molecule has 90 valence electrons. The van der Waals surface area contributed by atoms with Gasteiger partial charge in [-0.15, -0.1) is 0 Å². The molecule has 0 fully saturated rings. The highest BCUT2D eigenvalue weighted by Crippen LogP contribution is 2.02. The summed E-state index contributed by atoms with van der Waals surface area (Å²) in [4.78, 5) is 2.53. The first-order chi connectivity index (χ1) is 7.24. The van der Waals surface area contributed by atoms with Crippen LogP contribution in [-0.4, -0.2) is 38.1 Å². The number of rotatable bonds is 10. The fourth-order valence-corrected chi connectivity index (χ4v) is 1.66. The molecule has 0 aromatic carbocycles. The van der Waals surface area contributed by atoms with Crippen LogP contribution in [0, 0.1) is 0 Å². The van der Waals surface area contributed by atoms with Gasteiger partial charge in [0, 0.05) is 13.1 Å². The predicted molar refractivity (Wildman–Crippen MR) is 69.3 cm³/mol. The molecule has 1 N–H and O–H groups in total. The summed E-state index contributed by atoms with van der Waals surface area (Å²) < 4.78 is 0. The van der Waals surface area contributed by atoms with Crippen molar-refractivity contribution in [3.63, 3.8) is 0 Å². The van der Waals surface area contributed by atoms with Gasteiger partial charge in [-0.3, -0.25) is 4.90 Å². The maximum absolute atomic E-state index is 4.10. The summed E-state index contributed by atoms with van der Waals surface area (Å²) in [6.07, 6.45) is 5.16. The van der Waals surface area contributed by atoms with Gasteiger partial charge >= 0.3 is 0 Å². The predicted octanol–water partition coefficient (Wildman–Crippen LogP) is 2.66. The Bertz CT molecular complexity index is 147. The van der Waals surface area contributed by atoms with Crippen molar-refractivity contribution in [1.29, 1.82) is 0 Å². The van der Waals surface area contributed by atoms with Crippen molar-refractivity contribution in [3.8, 4) is 0 Å². The van der Waals surface area contributed by atoms with Crippen LogP contribution in [-0.2, 0) is 0 Å². The van der Waals surface area contributed by atoms with Gasteiger partial charge in [-0.2, -0.15) is 0 Å². The molecule has 0 aliphatic heterocycles. The van der Waals surface area contributed by atoms with Crippen molar-refractivity contribution in [2.24, 2.45) is 0 Å². The molecule has 0 aromatic rings. The summed E-state index contributed by atoms with van der Waals surface area (Å²) in [6, 6.07) is 0. The van der Waals surface area contributed by atoms with Crippen molar-refractivity contribution >= 4 is 0 Å². The van der Waals surface area contributed by atoms with Crippen molar-refractivity contribution in [2.45, 2.75) is 39.5 Å². The van der Waals surface area contributed by atoms with E-state index in [1.54, 1.807) is 0 Å². The lowest BCUT2D eigenvalue weighted by atomic mass is 10.2. The smallest absolute Gasteiger partial charge is 0.0202 e. The molecule has 0 aromatic heterocycles. The zero-order valence-electron chi connectivity index (χ0n) is 10.8. The van der Waals surface area contributed by atoms with E-state index in [1.807, 2.05) is 7.05 Å². The van der Waals surface area contributed by atoms with E-state index in [1.165, 1.54) is 44.3 Å². The van der Waals surface area contributed by atoms with E-state index in [0.29, 0.717) is 0 Å². The summed E-state index contributed by atoms with van der Waals surface area (Å²) in [5, 5.41) is 3.16. The van der Waals surface area contributed by atoms with E-state index in [4.69, 9.17) is 0 Å². The molecular weight excluding hydrogens is 184 g/mol. The highest BCUT2D eigenvalue weighted by Gasteiger charge is 2.04. The lowest BCUT2D eigenvalue weighted by Gasteiger charge is -2.23. The fraction of sp³-hybridized carbons (Fsp3) is 0.846. The average molecular weight is 212 g/mol. The van der Waals surface area contributed by atoms with Gasteiger partial charge < -0.3 is 5.32 Å². The summed E-state index contributed by atoms with van der Waals surface area (Å²) >= 11 is 0. The van der Waals surface area contributed by atoms with Gasteiger partial charge in [-0.25, -0.2) is 0 Å². The molecule has 0 bridgehead atoms. The monoisotopic (exact) mass is 212 g/mol. The zero-order valence-corrected chi connectivity index (χ0v) is 10.8. The van der Waals surface area contributed by atoms with E-state index < -0.39 is 0 Å². The van der Waals surface area contributed by atoms with Crippen molar-refractivity contribution in [1.82, 2.24) is 10.2 Å². The van der Waals surface area contributed by atoms with Gasteiger partial charge in [0.1, 0.15) is 0 Å². The topological polar surface area (TPSA) is 15.3 Å². The molecule has 0 aliphatic rings. The van der Waals surface area contributed by atoms with Crippen LogP contribution in [0.25, 0.3) is 0 Å². The third-order valence-corrected chi connectivity index (χ3v) is 2.53. The number of nitrogens with zero attached hydrogens (tertiary/aromatic N) is 1. The van der Waals surface area contributed by atoms with Crippen LogP contribution in [0.3, 0.4) is 0 Å². The lowest BCUT2D eigenvalue weighted by molar-refractivity contribution is 0.285. The first kappa shape index (κ1) is 14.7. The highest BCUT2D eigenvalue weighted by atomic mass is 15.1. The molecule has 15 heavy (non-hydrogen) atoms. The van der Waals surface area contributed by atoms with Gasteiger partial charge in [0.2, 0.25) is 0 Å². The van der Waals surface area contributed by atoms with E-state index in [-0.39, 0.29) is 0 Å². The van der Waals surface area contributed by atoms with Gasteiger partial charge in [-0.1, -0.05) is 33.3 Å². The number of likely N-dealkylation sites (N-methyl/N-ethyl adjacent to an activating group) is 1. The second-order valence-electron chi connectivity index (χ2n) is 4.26. The minimum atomic E-state index is 0.939. The standard InChI is InChI=1S/C13H28N2/c1-5-7-9-15(10-8-6-2)12-13(3)11-14-4/h14H,3,5-12H2,1-2,4H3. The molecule has 0 saturated carbocycles. The Labute approximate surface area is 95.7 Å². The average Bonchev–Trinajstić information content (AvgIpc) is 2.22. The molecule has 2 heteroatoms. The van der Waals surface area contributed by atoms with E-state index in [2.05, 4.69) is 30.6 Å². The van der Waals surface area contributed by atoms with Crippen LogP contribution >= 0.6 is 0 Å². The van der Waals surface area contributed by atoms with Gasteiger partial charge in [0.05, 0.1) is 0 Å². The second kappa shape index (κ2) is 10.2. The van der Waals surface area contributed by atoms with Crippen LogP contribution in [0.1, 0.15) is 39.5 Å². The summed E-state index contributed by atoms with van der Waals surface area (Å²) in [6.45, 7) is 13.0. The van der Waals surface area contributed by atoms with E-state index in [0.717, 1.165) is 13.1 Å². The molecule has 2 nitrogen and oxygen atoms in total. The Hall–Kier alpha value is -0.340. The first-order valence-corrected chi connectivity index (χ1v) is 6.28. The molecule has 0 saturated heterocycles.